The molecule has 0 heterocycles. The Kier molecular flexibility index (Phi) is 3.14. The Labute approximate surface area is 102 Å². The summed E-state index contributed by atoms with van der Waals surface area (Å²) in [5, 5.41) is 0. The van der Waals surface area contributed by atoms with Gasteiger partial charge in [-0.25, -0.2) is 13.1 Å². The van der Waals surface area contributed by atoms with E-state index in [4.69, 9.17) is 5.73 Å². The number of nitrogens with one attached hydrogen (secondary N) is 1. The van der Waals surface area contributed by atoms with E-state index in [1.807, 2.05) is 6.92 Å². The maximum absolute atomic E-state index is 12.2. The number of sulfonamides is 1. The molecule has 3 N–H and O–H groups in total. The highest BCUT2D eigenvalue weighted by Gasteiger charge is 2.31. The third kappa shape index (κ3) is 2.61. The van der Waals surface area contributed by atoms with Crippen LogP contribution in [-0.2, 0) is 10.0 Å². The maximum atomic E-state index is 12.2. The lowest BCUT2D eigenvalue weighted by atomic mass is 10.2. The molecule has 1 aromatic carbocycles. The Balaban J connectivity index is 2.27. The zero-order valence-electron chi connectivity index (χ0n) is 10.1. The summed E-state index contributed by atoms with van der Waals surface area (Å²) in [6.45, 7) is 3.64. The van der Waals surface area contributed by atoms with Crippen molar-refractivity contribution in [1.82, 2.24) is 4.72 Å². The minimum absolute atomic E-state index is 0.000769. The van der Waals surface area contributed by atoms with Gasteiger partial charge in [0.15, 0.2) is 0 Å². The molecule has 0 aromatic heterocycles. The van der Waals surface area contributed by atoms with E-state index >= 15 is 0 Å². The fourth-order valence-corrected chi connectivity index (χ4v) is 3.51. The van der Waals surface area contributed by atoms with E-state index in [0.717, 1.165) is 12.8 Å². The van der Waals surface area contributed by atoms with Gasteiger partial charge in [0.05, 0.1) is 4.90 Å². The van der Waals surface area contributed by atoms with Gasteiger partial charge in [-0.3, -0.25) is 0 Å². The van der Waals surface area contributed by atoms with E-state index in [1.54, 1.807) is 25.1 Å². The second-order valence-corrected chi connectivity index (χ2v) is 6.40. The van der Waals surface area contributed by atoms with Crippen LogP contribution in [0.2, 0.25) is 0 Å². The van der Waals surface area contributed by atoms with Gasteiger partial charge in [-0.05, 0) is 50.3 Å². The van der Waals surface area contributed by atoms with Gasteiger partial charge in [0.1, 0.15) is 0 Å². The third-order valence-corrected chi connectivity index (χ3v) is 4.99. The van der Waals surface area contributed by atoms with E-state index in [2.05, 4.69) is 4.72 Å². The molecule has 1 aromatic rings. The summed E-state index contributed by atoms with van der Waals surface area (Å²) in [5.74, 6) is 0.492. The van der Waals surface area contributed by atoms with Crippen molar-refractivity contribution in [2.75, 3.05) is 5.73 Å². The molecular formula is C12H18N2O2S. The number of nitrogen functional groups attached to an aromatic ring is 1. The van der Waals surface area contributed by atoms with Crippen LogP contribution in [0, 0.1) is 12.8 Å². The number of hydrogen-bond donors (Lipinski definition) is 2. The van der Waals surface area contributed by atoms with Crippen molar-refractivity contribution in [3.05, 3.63) is 23.8 Å². The molecule has 5 heteroatoms. The molecule has 2 rings (SSSR count). The van der Waals surface area contributed by atoms with E-state index in [-0.39, 0.29) is 10.9 Å². The first kappa shape index (κ1) is 12.4. The van der Waals surface area contributed by atoms with E-state index in [1.165, 1.54) is 0 Å². The van der Waals surface area contributed by atoms with Crippen LogP contribution in [0.1, 0.15) is 25.3 Å². The molecule has 1 atom stereocenters. The van der Waals surface area contributed by atoms with Crippen molar-refractivity contribution >= 4 is 15.7 Å². The van der Waals surface area contributed by atoms with Crippen molar-refractivity contribution in [3.8, 4) is 0 Å². The van der Waals surface area contributed by atoms with Crippen LogP contribution in [0.4, 0.5) is 5.69 Å². The quantitative estimate of drug-likeness (QED) is 0.803. The lowest BCUT2D eigenvalue weighted by Crippen LogP contribution is -2.34. The Morgan fingerprint density at radius 3 is 2.65 bits per heavy atom. The van der Waals surface area contributed by atoms with Crippen molar-refractivity contribution in [3.63, 3.8) is 0 Å². The summed E-state index contributed by atoms with van der Waals surface area (Å²) in [6, 6.07) is 4.96. The zero-order chi connectivity index (χ0) is 12.6. The lowest BCUT2D eigenvalue weighted by Gasteiger charge is -2.15. The molecule has 0 radical (unpaired) electrons. The molecule has 17 heavy (non-hydrogen) atoms. The summed E-state index contributed by atoms with van der Waals surface area (Å²) in [7, 11) is -3.45. The van der Waals surface area contributed by atoms with Gasteiger partial charge in [0.2, 0.25) is 10.0 Å². The second kappa shape index (κ2) is 4.31. The second-order valence-electron chi connectivity index (χ2n) is 4.72. The molecule has 1 unspecified atom stereocenters. The molecule has 1 saturated carbocycles. The first-order chi connectivity index (χ1) is 7.92. The minimum atomic E-state index is -3.45. The van der Waals surface area contributed by atoms with Crippen LogP contribution in [0.3, 0.4) is 0 Å². The van der Waals surface area contributed by atoms with Crippen molar-refractivity contribution in [2.45, 2.75) is 37.6 Å². The third-order valence-electron chi connectivity index (χ3n) is 3.29. The van der Waals surface area contributed by atoms with Crippen molar-refractivity contribution in [1.29, 1.82) is 0 Å². The highest BCUT2D eigenvalue weighted by Crippen LogP contribution is 2.33. The number of anilines is 1. The van der Waals surface area contributed by atoms with E-state index in [0.29, 0.717) is 17.2 Å². The Hall–Kier alpha value is -1.07. The zero-order valence-corrected chi connectivity index (χ0v) is 10.9. The molecule has 4 nitrogen and oxygen atoms in total. The molecule has 0 aliphatic heterocycles. The first-order valence-corrected chi connectivity index (χ1v) is 7.27. The maximum Gasteiger partial charge on any atom is 0.241 e. The van der Waals surface area contributed by atoms with Crippen molar-refractivity contribution in [2.24, 2.45) is 5.92 Å². The first-order valence-electron chi connectivity index (χ1n) is 5.79. The number of nitrogens with two attached hydrogens (primary N) is 1. The molecule has 0 bridgehead atoms. The van der Waals surface area contributed by atoms with Gasteiger partial charge in [-0.2, -0.15) is 0 Å². The summed E-state index contributed by atoms with van der Waals surface area (Å²) >= 11 is 0. The Morgan fingerprint density at radius 2 is 2.06 bits per heavy atom. The molecule has 0 spiro atoms. The van der Waals surface area contributed by atoms with E-state index < -0.39 is 10.0 Å². The Bertz CT molecular complexity index is 521. The number of benzene rings is 1. The predicted octanol–water partition coefficient (Wildman–Crippen LogP) is 1.65. The van der Waals surface area contributed by atoms with Crippen LogP contribution in [0.25, 0.3) is 0 Å². The molecular weight excluding hydrogens is 236 g/mol. The largest absolute Gasteiger partial charge is 0.398 e. The molecule has 1 aliphatic carbocycles. The topological polar surface area (TPSA) is 72.2 Å². The number of rotatable bonds is 4. The molecule has 0 amide bonds. The summed E-state index contributed by atoms with van der Waals surface area (Å²) in [4.78, 5) is 0.282. The van der Waals surface area contributed by atoms with Crippen LogP contribution < -0.4 is 10.5 Å². The van der Waals surface area contributed by atoms with Crippen molar-refractivity contribution < 1.29 is 8.42 Å². The van der Waals surface area contributed by atoms with Gasteiger partial charge < -0.3 is 5.73 Å². The monoisotopic (exact) mass is 254 g/mol. The van der Waals surface area contributed by atoms with Gasteiger partial charge in [-0.1, -0.05) is 6.07 Å². The summed E-state index contributed by atoms with van der Waals surface area (Å²) in [6.07, 6.45) is 2.22. The standard InChI is InChI=1S/C12H18N2O2S/c1-8-11(13)4-3-5-12(8)17(15,16)14-9(2)10-6-7-10/h3-5,9-10,14H,6-7,13H2,1-2H3. The summed E-state index contributed by atoms with van der Waals surface area (Å²) in [5.41, 5.74) is 6.85. The van der Waals surface area contributed by atoms with Gasteiger partial charge in [0.25, 0.3) is 0 Å². The van der Waals surface area contributed by atoms with E-state index in [9.17, 15) is 8.42 Å². The van der Waals surface area contributed by atoms with Crippen LogP contribution in [-0.4, -0.2) is 14.5 Å². The fraction of sp³-hybridized carbons (Fsp3) is 0.500. The van der Waals surface area contributed by atoms with Crippen LogP contribution in [0.5, 0.6) is 0 Å². The SMILES string of the molecule is Cc1c(N)cccc1S(=O)(=O)NC(C)C1CC1. The molecule has 1 fully saturated rings. The fourth-order valence-electron chi connectivity index (χ4n) is 1.92. The normalized spacial score (nSPS) is 18.0. The molecule has 1 aliphatic rings. The highest BCUT2D eigenvalue weighted by molar-refractivity contribution is 7.89. The molecule has 0 saturated heterocycles. The highest BCUT2D eigenvalue weighted by atomic mass is 32.2. The Morgan fingerprint density at radius 1 is 1.41 bits per heavy atom. The van der Waals surface area contributed by atoms with Gasteiger partial charge in [0, 0.05) is 11.7 Å². The van der Waals surface area contributed by atoms with Gasteiger partial charge >= 0.3 is 0 Å². The predicted molar refractivity (Wildman–Crippen MR) is 68.1 cm³/mol. The smallest absolute Gasteiger partial charge is 0.241 e. The molecule has 94 valence electrons. The van der Waals surface area contributed by atoms with Crippen LogP contribution >= 0.6 is 0 Å². The summed E-state index contributed by atoms with van der Waals surface area (Å²) < 4.78 is 27.1. The van der Waals surface area contributed by atoms with Crippen LogP contribution in [0.15, 0.2) is 23.1 Å². The minimum Gasteiger partial charge on any atom is -0.398 e. The lowest BCUT2D eigenvalue weighted by molar-refractivity contribution is 0.537. The average Bonchev–Trinajstić information content (AvgIpc) is 3.04. The van der Waals surface area contributed by atoms with Gasteiger partial charge in [-0.15, -0.1) is 0 Å². The number of hydrogen-bond acceptors (Lipinski definition) is 3. The average molecular weight is 254 g/mol.